The molecule has 0 amide bonds. The molecule has 0 aliphatic rings. The minimum absolute atomic E-state index is 0.0185. The first-order chi connectivity index (χ1) is 7.16. The minimum atomic E-state index is -1.42. The topological polar surface area (TPSA) is 12.0 Å². The Labute approximate surface area is 87.3 Å². The highest BCUT2D eigenvalue weighted by atomic mass is 19.2. The molecule has 4 heteroatoms. The highest BCUT2D eigenvalue weighted by Crippen LogP contribution is 2.19. The van der Waals surface area contributed by atoms with E-state index in [4.69, 9.17) is 0 Å². The molecular weight excluding hydrogens is 203 g/mol. The van der Waals surface area contributed by atoms with Crippen molar-refractivity contribution < 1.29 is 13.2 Å². The van der Waals surface area contributed by atoms with Gasteiger partial charge in [-0.25, -0.2) is 13.2 Å². The standard InChI is InChI=1S/C11H14F3N/c1-2-3-4-7-15-9-6-5-8(12)10(13)11(9)14/h5-6,15H,2-4,7H2,1H3. The fourth-order valence-electron chi connectivity index (χ4n) is 1.26. The van der Waals surface area contributed by atoms with Crippen molar-refractivity contribution in [1.82, 2.24) is 0 Å². The second kappa shape index (κ2) is 5.63. The van der Waals surface area contributed by atoms with Gasteiger partial charge in [0.15, 0.2) is 17.5 Å². The number of nitrogens with one attached hydrogen (secondary N) is 1. The molecule has 84 valence electrons. The summed E-state index contributed by atoms with van der Waals surface area (Å²) in [5.41, 5.74) is 0.0185. The fourth-order valence-corrected chi connectivity index (χ4v) is 1.26. The number of rotatable bonds is 5. The molecule has 0 saturated carbocycles. The van der Waals surface area contributed by atoms with Gasteiger partial charge < -0.3 is 5.32 Å². The average Bonchev–Trinajstić information content (AvgIpc) is 2.24. The van der Waals surface area contributed by atoms with Gasteiger partial charge in [-0.15, -0.1) is 0 Å². The molecule has 1 rings (SSSR count). The Morgan fingerprint density at radius 3 is 2.47 bits per heavy atom. The first-order valence-electron chi connectivity index (χ1n) is 5.04. The molecule has 0 aliphatic heterocycles. The summed E-state index contributed by atoms with van der Waals surface area (Å²) in [6, 6.07) is 2.13. The van der Waals surface area contributed by atoms with Crippen LogP contribution in [0.2, 0.25) is 0 Å². The van der Waals surface area contributed by atoms with Gasteiger partial charge in [-0.2, -0.15) is 0 Å². The van der Waals surface area contributed by atoms with Crippen molar-refractivity contribution in [3.05, 3.63) is 29.6 Å². The first kappa shape index (κ1) is 11.9. The summed E-state index contributed by atoms with van der Waals surface area (Å²) in [5.74, 6) is -3.73. The average molecular weight is 217 g/mol. The predicted molar refractivity (Wildman–Crippen MR) is 54.3 cm³/mol. The van der Waals surface area contributed by atoms with E-state index >= 15 is 0 Å². The summed E-state index contributed by atoms with van der Waals surface area (Å²) >= 11 is 0. The summed E-state index contributed by atoms with van der Waals surface area (Å²) in [7, 11) is 0. The molecule has 0 heterocycles. The zero-order valence-electron chi connectivity index (χ0n) is 8.62. The van der Waals surface area contributed by atoms with Gasteiger partial charge in [0, 0.05) is 6.54 Å². The second-order valence-corrected chi connectivity index (χ2v) is 3.36. The van der Waals surface area contributed by atoms with Gasteiger partial charge in [0.1, 0.15) is 0 Å². The smallest absolute Gasteiger partial charge is 0.196 e. The molecule has 1 aromatic rings. The van der Waals surface area contributed by atoms with Crippen molar-refractivity contribution >= 4 is 5.69 Å². The van der Waals surface area contributed by atoms with Crippen LogP contribution in [0.15, 0.2) is 12.1 Å². The van der Waals surface area contributed by atoms with E-state index < -0.39 is 17.5 Å². The quantitative estimate of drug-likeness (QED) is 0.585. The van der Waals surface area contributed by atoms with Crippen molar-refractivity contribution in [3.8, 4) is 0 Å². The van der Waals surface area contributed by atoms with Crippen molar-refractivity contribution in [2.45, 2.75) is 26.2 Å². The van der Waals surface area contributed by atoms with Crippen LogP contribution in [-0.4, -0.2) is 6.54 Å². The largest absolute Gasteiger partial charge is 0.383 e. The molecule has 0 aliphatic carbocycles. The summed E-state index contributed by atoms with van der Waals surface area (Å²) in [6.07, 6.45) is 2.97. The number of halogens is 3. The van der Waals surface area contributed by atoms with E-state index in [9.17, 15) is 13.2 Å². The minimum Gasteiger partial charge on any atom is -0.383 e. The third-order valence-corrected chi connectivity index (χ3v) is 2.13. The van der Waals surface area contributed by atoms with Crippen LogP contribution in [0, 0.1) is 17.5 Å². The number of hydrogen-bond acceptors (Lipinski definition) is 1. The van der Waals surface area contributed by atoms with Crippen molar-refractivity contribution in [1.29, 1.82) is 0 Å². The highest BCUT2D eigenvalue weighted by molar-refractivity contribution is 5.45. The van der Waals surface area contributed by atoms with Crippen LogP contribution in [0.5, 0.6) is 0 Å². The fraction of sp³-hybridized carbons (Fsp3) is 0.455. The Kier molecular flexibility index (Phi) is 4.46. The molecule has 1 N–H and O–H groups in total. The van der Waals surface area contributed by atoms with E-state index in [1.807, 2.05) is 0 Å². The summed E-state index contributed by atoms with van der Waals surface area (Å²) < 4.78 is 38.4. The molecule has 0 radical (unpaired) electrons. The van der Waals surface area contributed by atoms with E-state index in [1.165, 1.54) is 6.07 Å². The molecule has 0 spiro atoms. The number of unbranched alkanes of at least 4 members (excludes halogenated alkanes) is 2. The zero-order valence-corrected chi connectivity index (χ0v) is 8.62. The SMILES string of the molecule is CCCCCNc1ccc(F)c(F)c1F. The van der Waals surface area contributed by atoms with Crippen LogP contribution >= 0.6 is 0 Å². The summed E-state index contributed by atoms with van der Waals surface area (Å²) in [4.78, 5) is 0. The van der Waals surface area contributed by atoms with Gasteiger partial charge >= 0.3 is 0 Å². The van der Waals surface area contributed by atoms with Crippen LogP contribution in [0.1, 0.15) is 26.2 Å². The van der Waals surface area contributed by atoms with Crippen LogP contribution in [0.4, 0.5) is 18.9 Å². The van der Waals surface area contributed by atoms with Gasteiger partial charge in [-0.1, -0.05) is 19.8 Å². The van der Waals surface area contributed by atoms with E-state index in [-0.39, 0.29) is 5.69 Å². The summed E-state index contributed by atoms with van der Waals surface area (Å²) in [6.45, 7) is 2.62. The number of hydrogen-bond donors (Lipinski definition) is 1. The van der Waals surface area contributed by atoms with Gasteiger partial charge in [0.25, 0.3) is 0 Å². The predicted octanol–water partition coefficient (Wildman–Crippen LogP) is 3.71. The van der Waals surface area contributed by atoms with Gasteiger partial charge in [0.05, 0.1) is 5.69 Å². The third-order valence-electron chi connectivity index (χ3n) is 2.13. The van der Waals surface area contributed by atoms with E-state index in [1.54, 1.807) is 0 Å². The van der Waals surface area contributed by atoms with Crippen molar-refractivity contribution in [3.63, 3.8) is 0 Å². The molecule has 0 fully saturated rings. The van der Waals surface area contributed by atoms with Crippen molar-refractivity contribution in [2.75, 3.05) is 11.9 Å². The van der Waals surface area contributed by atoms with Crippen LogP contribution < -0.4 is 5.32 Å². The summed E-state index contributed by atoms with van der Waals surface area (Å²) in [5, 5.41) is 2.73. The van der Waals surface area contributed by atoms with Gasteiger partial charge in [-0.3, -0.25) is 0 Å². The van der Waals surface area contributed by atoms with Crippen molar-refractivity contribution in [2.24, 2.45) is 0 Å². The molecular formula is C11H14F3N. The second-order valence-electron chi connectivity index (χ2n) is 3.36. The molecule has 0 bridgehead atoms. The maximum absolute atomic E-state index is 13.1. The third kappa shape index (κ3) is 3.15. The maximum atomic E-state index is 13.1. The maximum Gasteiger partial charge on any atom is 0.196 e. The normalized spacial score (nSPS) is 10.4. The Morgan fingerprint density at radius 1 is 1.07 bits per heavy atom. The molecule has 15 heavy (non-hydrogen) atoms. The Balaban J connectivity index is 2.58. The lowest BCUT2D eigenvalue weighted by Crippen LogP contribution is -2.05. The first-order valence-corrected chi connectivity index (χ1v) is 5.04. The molecule has 0 saturated heterocycles. The molecule has 1 aromatic carbocycles. The Hall–Kier alpha value is -1.19. The highest BCUT2D eigenvalue weighted by Gasteiger charge is 2.12. The zero-order chi connectivity index (χ0) is 11.3. The Bertz CT molecular complexity index is 326. The van der Waals surface area contributed by atoms with E-state index in [2.05, 4.69) is 12.2 Å². The van der Waals surface area contributed by atoms with Gasteiger partial charge in [-0.05, 0) is 18.6 Å². The van der Waals surface area contributed by atoms with Crippen LogP contribution in [0.25, 0.3) is 0 Å². The number of benzene rings is 1. The van der Waals surface area contributed by atoms with E-state index in [0.717, 1.165) is 25.3 Å². The molecule has 0 aromatic heterocycles. The Morgan fingerprint density at radius 2 is 1.80 bits per heavy atom. The monoisotopic (exact) mass is 217 g/mol. The van der Waals surface area contributed by atoms with Gasteiger partial charge in [0.2, 0.25) is 0 Å². The number of anilines is 1. The lowest BCUT2D eigenvalue weighted by Gasteiger charge is -2.07. The molecule has 0 atom stereocenters. The lowest BCUT2D eigenvalue weighted by molar-refractivity contribution is 0.449. The molecule has 0 unspecified atom stereocenters. The van der Waals surface area contributed by atoms with Crippen LogP contribution in [0.3, 0.4) is 0 Å². The van der Waals surface area contributed by atoms with Crippen LogP contribution in [-0.2, 0) is 0 Å². The van der Waals surface area contributed by atoms with E-state index in [0.29, 0.717) is 6.54 Å². The lowest BCUT2D eigenvalue weighted by atomic mass is 10.2. The molecule has 1 nitrogen and oxygen atoms in total.